The molecule has 0 spiro atoms. The maximum Gasteiger partial charge on any atom is 0.245 e. The summed E-state index contributed by atoms with van der Waals surface area (Å²) in [5, 5.41) is 0. The van der Waals surface area contributed by atoms with Crippen LogP contribution in [0, 0.1) is 5.92 Å². The van der Waals surface area contributed by atoms with Crippen molar-refractivity contribution in [3.05, 3.63) is 12.2 Å². The van der Waals surface area contributed by atoms with Gasteiger partial charge in [-0.15, -0.1) is 0 Å². The van der Waals surface area contributed by atoms with Crippen LogP contribution in [-0.2, 0) is 0 Å². The highest BCUT2D eigenvalue weighted by molar-refractivity contribution is 5.04. The minimum atomic E-state index is -2.19. The van der Waals surface area contributed by atoms with E-state index in [4.69, 9.17) is 0 Å². The summed E-state index contributed by atoms with van der Waals surface area (Å²) < 4.78 is 24.2. The molecule has 1 rings (SSSR count). The van der Waals surface area contributed by atoms with Gasteiger partial charge in [-0.2, -0.15) is 0 Å². The van der Waals surface area contributed by atoms with E-state index in [1.807, 2.05) is 0 Å². The van der Waals surface area contributed by atoms with Gasteiger partial charge in [0.15, 0.2) is 0 Å². The van der Waals surface area contributed by atoms with Gasteiger partial charge >= 0.3 is 0 Å². The minimum Gasteiger partial charge on any atom is -0.210 e. The summed E-state index contributed by atoms with van der Waals surface area (Å²) in [6, 6.07) is 0. The standard InChI is InChI=1S/C8H12F2/c1-6-4-2-3-5-7(6)8(9)10/h7-8H,1-5H2. The average Bonchev–Trinajstić information content (AvgIpc) is 1.88. The van der Waals surface area contributed by atoms with Crippen LogP contribution in [0.1, 0.15) is 25.7 Å². The van der Waals surface area contributed by atoms with Crippen LogP contribution < -0.4 is 0 Å². The second-order valence-electron chi connectivity index (χ2n) is 2.84. The second kappa shape index (κ2) is 3.13. The Kier molecular flexibility index (Phi) is 2.41. The molecule has 2 heteroatoms. The lowest BCUT2D eigenvalue weighted by molar-refractivity contribution is 0.0821. The van der Waals surface area contributed by atoms with Crippen molar-refractivity contribution in [3.63, 3.8) is 0 Å². The molecule has 0 aromatic heterocycles. The molecule has 1 fully saturated rings. The van der Waals surface area contributed by atoms with E-state index in [0.29, 0.717) is 6.42 Å². The highest BCUT2D eigenvalue weighted by atomic mass is 19.3. The molecule has 0 aliphatic heterocycles. The van der Waals surface area contributed by atoms with Crippen LogP contribution in [0.4, 0.5) is 8.78 Å². The van der Waals surface area contributed by atoms with E-state index < -0.39 is 12.3 Å². The number of alkyl halides is 2. The fourth-order valence-electron chi connectivity index (χ4n) is 1.41. The molecule has 1 atom stereocenters. The predicted molar refractivity (Wildman–Crippen MR) is 37.1 cm³/mol. The van der Waals surface area contributed by atoms with E-state index in [-0.39, 0.29) is 0 Å². The Labute approximate surface area is 59.9 Å². The van der Waals surface area contributed by atoms with Gasteiger partial charge in [-0.3, -0.25) is 0 Å². The van der Waals surface area contributed by atoms with Gasteiger partial charge in [0.25, 0.3) is 0 Å². The molecule has 0 amide bonds. The summed E-state index contributed by atoms with van der Waals surface area (Å²) in [7, 11) is 0. The molecule has 0 nitrogen and oxygen atoms in total. The number of rotatable bonds is 1. The molecule has 0 N–H and O–H groups in total. The smallest absolute Gasteiger partial charge is 0.210 e. The molecule has 1 aliphatic rings. The van der Waals surface area contributed by atoms with E-state index in [0.717, 1.165) is 24.8 Å². The summed E-state index contributed by atoms with van der Waals surface area (Å²) >= 11 is 0. The highest BCUT2D eigenvalue weighted by Gasteiger charge is 2.25. The predicted octanol–water partition coefficient (Wildman–Crippen LogP) is 3.00. The van der Waals surface area contributed by atoms with Crippen LogP contribution in [-0.4, -0.2) is 6.43 Å². The first kappa shape index (κ1) is 7.70. The summed E-state index contributed by atoms with van der Waals surface area (Å²) in [4.78, 5) is 0. The third kappa shape index (κ3) is 1.55. The van der Waals surface area contributed by atoms with Crippen LogP contribution in [0.3, 0.4) is 0 Å². The van der Waals surface area contributed by atoms with Crippen molar-refractivity contribution in [3.8, 4) is 0 Å². The maximum absolute atomic E-state index is 12.1. The van der Waals surface area contributed by atoms with Crippen molar-refractivity contribution in [1.82, 2.24) is 0 Å². The quantitative estimate of drug-likeness (QED) is 0.499. The van der Waals surface area contributed by atoms with E-state index in [1.165, 1.54) is 0 Å². The van der Waals surface area contributed by atoms with E-state index >= 15 is 0 Å². The zero-order valence-electron chi connectivity index (χ0n) is 5.95. The van der Waals surface area contributed by atoms with E-state index in [9.17, 15) is 8.78 Å². The van der Waals surface area contributed by atoms with Crippen LogP contribution in [0.25, 0.3) is 0 Å². The Bertz CT molecular complexity index is 129. The average molecular weight is 146 g/mol. The monoisotopic (exact) mass is 146 g/mol. The fourth-order valence-corrected chi connectivity index (χ4v) is 1.41. The Balaban J connectivity index is 2.48. The Morgan fingerprint density at radius 2 is 2.10 bits per heavy atom. The molecule has 1 aliphatic carbocycles. The lowest BCUT2D eigenvalue weighted by atomic mass is 9.86. The van der Waals surface area contributed by atoms with Gasteiger partial charge in [0.1, 0.15) is 0 Å². The molecular weight excluding hydrogens is 134 g/mol. The van der Waals surface area contributed by atoms with Crippen molar-refractivity contribution < 1.29 is 8.78 Å². The first-order chi connectivity index (χ1) is 4.72. The fraction of sp³-hybridized carbons (Fsp3) is 0.750. The van der Waals surface area contributed by atoms with Crippen molar-refractivity contribution in [2.75, 3.05) is 0 Å². The van der Waals surface area contributed by atoms with Crippen LogP contribution in [0.5, 0.6) is 0 Å². The van der Waals surface area contributed by atoms with Gasteiger partial charge in [-0.1, -0.05) is 18.6 Å². The lowest BCUT2D eigenvalue weighted by Gasteiger charge is -2.23. The van der Waals surface area contributed by atoms with Crippen LogP contribution in [0.2, 0.25) is 0 Å². The third-order valence-electron chi connectivity index (χ3n) is 2.09. The second-order valence-corrected chi connectivity index (χ2v) is 2.84. The third-order valence-corrected chi connectivity index (χ3v) is 2.09. The number of hydrogen-bond acceptors (Lipinski definition) is 0. The largest absolute Gasteiger partial charge is 0.245 e. The number of hydrogen-bond donors (Lipinski definition) is 0. The summed E-state index contributed by atoms with van der Waals surface area (Å²) in [6.45, 7) is 3.64. The molecule has 0 heterocycles. The molecule has 0 radical (unpaired) electrons. The normalized spacial score (nSPS) is 27.5. The molecule has 0 aromatic carbocycles. The molecule has 1 unspecified atom stereocenters. The first-order valence-electron chi connectivity index (χ1n) is 3.67. The van der Waals surface area contributed by atoms with Gasteiger partial charge < -0.3 is 0 Å². The van der Waals surface area contributed by atoms with E-state index in [1.54, 1.807) is 0 Å². The Morgan fingerprint density at radius 1 is 1.40 bits per heavy atom. The first-order valence-corrected chi connectivity index (χ1v) is 3.67. The topological polar surface area (TPSA) is 0 Å². The number of allylic oxidation sites excluding steroid dienone is 1. The zero-order chi connectivity index (χ0) is 7.56. The van der Waals surface area contributed by atoms with Crippen LogP contribution >= 0.6 is 0 Å². The Hall–Kier alpha value is -0.400. The SMILES string of the molecule is C=C1CCCCC1C(F)F. The van der Waals surface area contributed by atoms with Gasteiger partial charge in [0.2, 0.25) is 6.43 Å². The zero-order valence-corrected chi connectivity index (χ0v) is 5.95. The minimum absolute atomic E-state index is 0.506. The molecule has 0 bridgehead atoms. The lowest BCUT2D eigenvalue weighted by Crippen LogP contribution is -2.17. The summed E-state index contributed by atoms with van der Waals surface area (Å²) in [6.07, 6.45) is 1.23. The Morgan fingerprint density at radius 3 is 2.50 bits per heavy atom. The van der Waals surface area contributed by atoms with E-state index in [2.05, 4.69) is 6.58 Å². The summed E-state index contributed by atoms with van der Waals surface area (Å²) in [5.74, 6) is -0.506. The molecular formula is C8H12F2. The van der Waals surface area contributed by atoms with Crippen molar-refractivity contribution >= 4 is 0 Å². The number of halogens is 2. The van der Waals surface area contributed by atoms with Gasteiger partial charge in [0.05, 0.1) is 0 Å². The molecule has 58 valence electrons. The van der Waals surface area contributed by atoms with Crippen LogP contribution in [0.15, 0.2) is 12.2 Å². The highest BCUT2D eigenvalue weighted by Crippen LogP contribution is 2.32. The maximum atomic E-state index is 12.1. The molecule has 0 aromatic rings. The summed E-state index contributed by atoms with van der Waals surface area (Å²) in [5.41, 5.74) is 0.751. The molecule has 0 saturated heterocycles. The molecule has 1 saturated carbocycles. The van der Waals surface area contributed by atoms with Gasteiger partial charge in [-0.25, -0.2) is 8.78 Å². The van der Waals surface area contributed by atoms with Crippen molar-refractivity contribution in [1.29, 1.82) is 0 Å². The molecule has 10 heavy (non-hydrogen) atoms. The van der Waals surface area contributed by atoms with Crippen molar-refractivity contribution in [2.24, 2.45) is 5.92 Å². The van der Waals surface area contributed by atoms with Gasteiger partial charge in [0, 0.05) is 5.92 Å². The van der Waals surface area contributed by atoms with Gasteiger partial charge in [-0.05, 0) is 19.3 Å². The van der Waals surface area contributed by atoms with Crippen molar-refractivity contribution in [2.45, 2.75) is 32.1 Å².